The van der Waals surface area contributed by atoms with Crippen LogP contribution in [0.25, 0.3) is 0 Å². The third kappa shape index (κ3) is 29.4. The second-order valence-electron chi connectivity index (χ2n) is 6.74. The fourth-order valence-electron chi connectivity index (χ4n) is 2.67. The Balaban J connectivity index is 0. The lowest BCUT2D eigenvalue weighted by Crippen LogP contribution is -2.11. The monoisotopic (exact) mass is 343 g/mol. The highest BCUT2D eigenvalue weighted by molar-refractivity contribution is 5.73. The highest BCUT2D eigenvalue weighted by Gasteiger charge is 1.96. The van der Waals surface area contributed by atoms with E-state index in [2.05, 4.69) is 6.92 Å². The first-order chi connectivity index (χ1) is 11.7. The van der Waals surface area contributed by atoms with Crippen LogP contribution in [0.1, 0.15) is 110 Å². The third-order valence-corrected chi connectivity index (χ3v) is 4.19. The first-order valence-corrected chi connectivity index (χ1v) is 10.4. The molecule has 0 aromatic heterocycles. The van der Waals surface area contributed by atoms with E-state index >= 15 is 0 Å². The van der Waals surface area contributed by atoms with Gasteiger partial charge >= 0.3 is 0 Å². The van der Waals surface area contributed by atoms with Crippen LogP contribution in [0.15, 0.2) is 0 Å². The van der Waals surface area contributed by atoms with Crippen molar-refractivity contribution in [1.82, 2.24) is 0 Å². The van der Waals surface area contributed by atoms with Gasteiger partial charge in [0.15, 0.2) is 0 Å². The van der Waals surface area contributed by atoms with Gasteiger partial charge < -0.3 is 17.2 Å². The molecule has 4 nitrogen and oxygen atoms in total. The molecule has 0 saturated heterocycles. The lowest BCUT2D eigenvalue weighted by Gasteiger charge is -2.03. The van der Waals surface area contributed by atoms with Crippen molar-refractivity contribution in [3.05, 3.63) is 0 Å². The Morgan fingerprint density at radius 2 is 0.875 bits per heavy atom. The number of hydrogen-bond donors (Lipinski definition) is 3. The maximum absolute atomic E-state index is 10.6. The van der Waals surface area contributed by atoms with Crippen LogP contribution in [0.2, 0.25) is 0 Å². The van der Waals surface area contributed by atoms with Crippen LogP contribution in [-0.2, 0) is 4.79 Å². The summed E-state index contributed by atoms with van der Waals surface area (Å²) in [5.74, 6) is -0.153. The van der Waals surface area contributed by atoms with E-state index in [1.807, 2.05) is 0 Å². The van der Waals surface area contributed by atoms with Gasteiger partial charge in [0.25, 0.3) is 0 Å². The molecule has 0 unspecified atom stereocenters. The molecule has 0 atom stereocenters. The molecule has 0 aliphatic heterocycles. The van der Waals surface area contributed by atoms with Crippen LogP contribution in [-0.4, -0.2) is 19.0 Å². The molecule has 0 rings (SSSR count). The van der Waals surface area contributed by atoms with Crippen molar-refractivity contribution in [2.45, 2.75) is 110 Å². The van der Waals surface area contributed by atoms with Gasteiger partial charge in [0.05, 0.1) is 0 Å². The number of amides is 1. The number of carbonyl (C=O) groups excluding carboxylic acids is 1. The summed E-state index contributed by atoms with van der Waals surface area (Å²) in [6.07, 6.45) is 20.9. The topological polar surface area (TPSA) is 95.1 Å². The minimum Gasteiger partial charge on any atom is -0.370 e. The van der Waals surface area contributed by atoms with Crippen LogP contribution in [0.5, 0.6) is 0 Å². The largest absolute Gasteiger partial charge is 0.370 e. The summed E-state index contributed by atoms with van der Waals surface area (Å²) >= 11 is 0. The molecule has 6 N–H and O–H groups in total. The average Bonchev–Trinajstić information content (AvgIpc) is 2.58. The van der Waals surface area contributed by atoms with Crippen molar-refractivity contribution in [3.8, 4) is 0 Å². The zero-order valence-corrected chi connectivity index (χ0v) is 16.4. The highest BCUT2D eigenvalue weighted by atomic mass is 16.1. The number of hydrogen-bond acceptors (Lipinski definition) is 3. The molecule has 0 bridgehead atoms. The zero-order valence-electron chi connectivity index (χ0n) is 16.4. The summed E-state index contributed by atoms with van der Waals surface area (Å²) < 4.78 is 0. The fraction of sp³-hybridized carbons (Fsp3) is 0.950. The molecule has 0 saturated carbocycles. The predicted molar refractivity (Wildman–Crippen MR) is 107 cm³/mol. The van der Waals surface area contributed by atoms with E-state index in [4.69, 9.17) is 17.2 Å². The SMILES string of the molecule is CCCCCCCCCCCCCCCCCC(N)=O.NCCN. The Labute approximate surface area is 151 Å². The lowest BCUT2D eigenvalue weighted by molar-refractivity contribution is -0.118. The van der Waals surface area contributed by atoms with Crippen LogP contribution in [0.3, 0.4) is 0 Å². The molecule has 1 amide bonds. The standard InChI is InChI=1S/C18H37NO.C2H8N2/c1-2-3-4-5-6-7-8-9-10-11-12-13-14-15-16-17-18(19)20;3-1-2-4/h2-17H2,1H3,(H2,19,20);1-4H2. The first kappa shape index (κ1) is 25.6. The van der Waals surface area contributed by atoms with Crippen LogP contribution < -0.4 is 17.2 Å². The Morgan fingerprint density at radius 3 is 1.12 bits per heavy atom. The van der Waals surface area contributed by atoms with E-state index in [1.54, 1.807) is 0 Å². The maximum atomic E-state index is 10.6. The Hall–Kier alpha value is -0.610. The predicted octanol–water partition coefficient (Wildman–Crippen LogP) is 4.64. The van der Waals surface area contributed by atoms with Gasteiger partial charge in [-0.3, -0.25) is 4.79 Å². The van der Waals surface area contributed by atoms with Crippen molar-refractivity contribution < 1.29 is 4.79 Å². The lowest BCUT2D eigenvalue weighted by atomic mass is 10.0. The van der Waals surface area contributed by atoms with Gasteiger partial charge in [0.1, 0.15) is 0 Å². The van der Waals surface area contributed by atoms with Crippen molar-refractivity contribution in [3.63, 3.8) is 0 Å². The van der Waals surface area contributed by atoms with Crippen molar-refractivity contribution in [2.24, 2.45) is 17.2 Å². The van der Waals surface area contributed by atoms with E-state index in [-0.39, 0.29) is 5.91 Å². The molecule has 4 heteroatoms. The van der Waals surface area contributed by atoms with Gasteiger partial charge in [-0.25, -0.2) is 0 Å². The van der Waals surface area contributed by atoms with Crippen LogP contribution in [0.4, 0.5) is 0 Å². The highest BCUT2D eigenvalue weighted by Crippen LogP contribution is 2.13. The second kappa shape index (κ2) is 24.6. The minimum atomic E-state index is -0.153. The maximum Gasteiger partial charge on any atom is 0.217 e. The van der Waals surface area contributed by atoms with Crippen LogP contribution >= 0.6 is 0 Å². The Morgan fingerprint density at radius 1 is 0.583 bits per heavy atom. The molecular formula is C20H45N3O. The molecule has 0 heterocycles. The van der Waals surface area contributed by atoms with Gasteiger partial charge in [0, 0.05) is 19.5 Å². The number of carbonyl (C=O) groups is 1. The van der Waals surface area contributed by atoms with Gasteiger partial charge in [-0.1, -0.05) is 96.8 Å². The first-order valence-electron chi connectivity index (χ1n) is 10.4. The Kier molecular flexibility index (Phi) is 26.3. The van der Waals surface area contributed by atoms with E-state index < -0.39 is 0 Å². The molecule has 0 aliphatic rings. The van der Waals surface area contributed by atoms with E-state index in [9.17, 15) is 4.79 Å². The quantitative estimate of drug-likeness (QED) is 0.336. The van der Waals surface area contributed by atoms with Gasteiger partial charge in [-0.05, 0) is 6.42 Å². The van der Waals surface area contributed by atoms with Crippen molar-refractivity contribution >= 4 is 5.91 Å². The number of nitrogens with two attached hydrogens (primary N) is 3. The summed E-state index contributed by atoms with van der Waals surface area (Å²) in [6, 6.07) is 0. The molecule has 0 spiro atoms. The molecule has 0 fully saturated rings. The van der Waals surface area contributed by atoms with E-state index in [0.29, 0.717) is 19.5 Å². The van der Waals surface area contributed by atoms with Crippen LogP contribution in [0, 0.1) is 0 Å². The molecule has 0 aliphatic carbocycles. The average molecular weight is 344 g/mol. The van der Waals surface area contributed by atoms with Crippen molar-refractivity contribution in [1.29, 1.82) is 0 Å². The summed E-state index contributed by atoms with van der Waals surface area (Å²) in [5.41, 5.74) is 14.9. The molecular weight excluding hydrogens is 298 g/mol. The number of rotatable bonds is 17. The van der Waals surface area contributed by atoms with E-state index in [1.165, 1.54) is 89.9 Å². The molecule has 146 valence electrons. The summed E-state index contributed by atoms with van der Waals surface area (Å²) in [5, 5.41) is 0. The zero-order chi connectivity index (χ0) is 18.3. The van der Waals surface area contributed by atoms with E-state index in [0.717, 1.165) is 6.42 Å². The van der Waals surface area contributed by atoms with Gasteiger partial charge in [-0.2, -0.15) is 0 Å². The Bertz CT molecular complexity index is 233. The third-order valence-electron chi connectivity index (χ3n) is 4.19. The fourth-order valence-corrected chi connectivity index (χ4v) is 2.67. The second-order valence-corrected chi connectivity index (χ2v) is 6.74. The smallest absolute Gasteiger partial charge is 0.217 e. The molecule has 0 aromatic rings. The van der Waals surface area contributed by atoms with Gasteiger partial charge in [0.2, 0.25) is 5.91 Å². The molecule has 24 heavy (non-hydrogen) atoms. The number of primary amides is 1. The molecule has 0 radical (unpaired) electrons. The van der Waals surface area contributed by atoms with Gasteiger partial charge in [-0.15, -0.1) is 0 Å². The molecule has 0 aromatic carbocycles. The number of unbranched alkanes of at least 4 members (excludes halogenated alkanes) is 14. The normalized spacial score (nSPS) is 10.3. The minimum absolute atomic E-state index is 0.153. The summed E-state index contributed by atoms with van der Waals surface area (Å²) in [6.45, 7) is 3.47. The summed E-state index contributed by atoms with van der Waals surface area (Å²) in [4.78, 5) is 10.6. The van der Waals surface area contributed by atoms with Crippen molar-refractivity contribution in [2.75, 3.05) is 13.1 Å². The summed E-state index contributed by atoms with van der Waals surface area (Å²) in [7, 11) is 0.